The Bertz CT molecular complexity index is 851. The Kier molecular flexibility index (Phi) is 6.37. The van der Waals surface area contributed by atoms with Gasteiger partial charge in [-0.25, -0.2) is 5.01 Å². The molecule has 30 heavy (non-hydrogen) atoms. The molecule has 2 aliphatic heterocycles. The third-order valence-corrected chi connectivity index (χ3v) is 6.13. The first kappa shape index (κ1) is 20.8. The molecule has 2 aromatic rings. The highest BCUT2D eigenvalue weighted by Gasteiger charge is 2.35. The number of halogens is 3. The monoisotopic (exact) mass is 416 g/mol. The van der Waals surface area contributed by atoms with Crippen LogP contribution in [0, 0.1) is 5.92 Å². The zero-order chi connectivity index (χ0) is 21.0. The summed E-state index contributed by atoms with van der Waals surface area (Å²) in [5, 5.41) is 10.3. The molecule has 4 nitrogen and oxygen atoms in total. The average Bonchev–Trinajstić information content (AvgIpc) is 2.77. The minimum absolute atomic E-state index is 0.364. The van der Waals surface area contributed by atoms with E-state index >= 15 is 0 Å². The van der Waals surface area contributed by atoms with E-state index in [0.29, 0.717) is 29.9 Å². The second kappa shape index (κ2) is 9.16. The van der Waals surface area contributed by atoms with Crippen LogP contribution in [0.2, 0.25) is 0 Å². The van der Waals surface area contributed by atoms with Crippen LogP contribution in [-0.2, 0) is 6.18 Å². The molecular formula is C23H27F3N4. The van der Waals surface area contributed by atoms with Gasteiger partial charge in [0.1, 0.15) is 0 Å². The second-order valence-electron chi connectivity index (χ2n) is 8.16. The Morgan fingerprint density at radius 1 is 0.933 bits per heavy atom. The minimum atomic E-state index is -4.39. The van der Waals surface area contributed by atoms with Crippen molar-refractivity contribution in [3.05, 3.63) is 60.2 Å². The molecule has 0 bridgehead atoms. The van der Waals surface area contributed by atoms with Crippen molar-refractivity contribution in [2.45, 2.75) is 44.3 Å². The molecule has 0 amide bonds. The quantitative estimate of drug-likeness (QED) is 0.413. The zero-order valence-electron chi connectivity index (χ0n) is 16.9. The SMILES string of the molecule is FC(F)(F)c1cccc(N(C[C@@H]2CCCN3CCCC[C@H]23)N=Nc2ccccc2)c1. The summed E-state index contributed by atoms with van der Waals surface area (Å²) < 4.78 is 39.8. The minimum Gasteiger partial charge on any atom is -0.300 e. The lowest BCUT2D eigenvalue weighted by molar-refractivity contribution is -0.137. The van der Waals surface area contributed by atoms with E-state index in [0.717, 1.165) is 38.4 Å². The molecule has 2 aromatic carbocycles. The van der Waals surface area contributed by atoms with Crippen LogP contribution in [0.5, 0.6) is 0 Å². The lowest BCUT2D eigenvalue weighted by atomic mass is 9.83. The third-order valence-electron chi connectivity index (χ3n) is 6.13. The van der Waals surface area contributed by atoms with E-state index in [1.807, 2.05) is 30.3 Å². The molecule has 0 saturated carbocycles. The molecule has 160 valence electrons. The fourth-order valence-corrected chi connectivity index (χ4v) is 4.65. The summed E-state index contributed by atoms with van der Waals surface area (Å²) >= 11 is 0. The smallest absolute Gasteiger partial charge is 0.300 e. The highest BCUT2D eigenvalue weighted by molar-refractivity contribution is 5.49. The van der Waals surface area contributed by atoms with Gasteiger partial charge in [0.2, 0.25) is 0 Å². The van der Waals surface area contributed by atoms with Crippen molar-refractivity contribution in [3.63, 3.8) is 0 Å². The van der Waals surface area contributed by atoms with Crippen molar-refractivity contribution in [3.8, 4) is 0 Å². The summed E-state index contributed by atoms with van der Waals surface area (Å²) in [4.78, 5) is 2.55. The molecule has 0 aliphatic carbocycles. The van der Waals surface area contributed by atoms with Crippen LogP contribution in [0.15, 0.2) is 64.9 Å². The van der Waals surface area contributed by atoms with Gasteiger partial charge < -0.3 is 4.90 Å². The summed E-state index contributed by atoms with van der Waals surface area (Å²) in [6.45, 7) is 2.81. The van der Waals surface area contributed by atoms with Gasteiger partial charge in [0, 0.05) is 12.6 Å². The maximum atomic E-state index is 13.3. The van der Waals surface area contributed by atoms with Gasteiger partial charge >= 0.3 is 6.18 Å². The van der Waals surface area contributed by atoms with Crippen molar-refractivity contribution in [2.24, 2.45) is 16.3 Å². The lowest BCUT2D eigenvalue weighted by Gasteiger charge is -2.45. The standard InChI is InChI=1S/C23H27F3N4/c24-23(25,26)19-9-6-12-21(16-19)30(28-27-20-10-2-1-3-11-20)17-18-8-7-15-29-14-5-4-13-22(18)29/h1-3,6,9-12,16,18,22H,4-5,7-8,13-15,17H2/t18-,22+/m0/s1. The van der Waals surface area contributed by atoms with Crippen LogP contribution in [0.3, 0.4) is 0 Å². The van der Waals surface area contributed by atoms with Gasteiger partial charge in [-0.2, -0.15) is 13.2 Å². The highest BCUT2D eigenvalue weighted by atomic mass is 19.4. The van der Waals surface area contributed by atoms with E-state index in [2.05, 4.69) is 15.2 Å². The van der Waals surface area contributed by atoms with Gasteiger partial charge in [-0.15, -0.1) is 5.11 Å². The van der Waals surface area contributed by atoms with E-state index in [-0.39, 0.29) is 0 Å². The average molecular weight is 416 g/mol. The van der Waals surface area contributed by atoms with Crippen molar-refractivity contribution < 1.29 is 13.2 Å². The number of hydrogen-bond acceptors (Lipinski definition) is 3. The molecule has 2 fully saturated rings. The molecular weight excluding hydrogens is 389 g/mol. The summed E-state index contributed by atoms with van der Waals surface area (Å²) in [5.74, 6) is 0.364. The van der Waals surface area contributed by atoms with Gasteiger partial charge in [0.25, 0.3) is 0 Å². The maximum absolute atomic E-state index is 13.3. The molecule has 0 aromatic heterocycles. The number of piperidine rings is 2. The molecule has 0 radical (unpaired) electrons. The molecule has 2 atom stereocenters. The Morgan fingerprint density at radius 3 is 2.53 bits per heavy atom. The van der Waals surface area contributed by atoms with Crippen molar-refractivity contribution >= 4 is 11.4 Å². The fraction of sp³-hybridized carbons (Fsp3) is 0.478. The number of alkyl halides is 3. The van der Waals surface area contributed by atoms with E-state index in [9.17, 15) is 13.2 Å². The number of nitrogens with zero attached hydrogens (tertiary/aromatic N) is 4. The van der Waals surface area contributed by atoms with E-state index in [1.54, 1.807) is 11.1 Å². The summed E-state index contributed by atoms with van der Waals surface area (Å²) in [7, 11) is 0. The van der Waals surface area contributed by atoms with Gasteiger partial charge in [-0.1, -0.05) is 35.9 Å². The van der Waals surface area contributed by atoms with Crippen LogP contribution >= 0.6 is 0 Å². The number of anilines is 1. The van der Waals surface area contributed by atoms with E-state index in [1.165, 1.54) is 25.0 Å². The maximum Gasteiger partial charge on any atom is 0.416 e. The van der Waals surface area contributed by atoms with E-state index in [4.69, 9.17) is 0 Å². The summed E-state index contributed by atoms with van der Waals surface area (Å²) in [5.41, 5.74) is 0.442. The predicted octanol–water partition coefficient (Wildman–Crippen LogP) is 6.48. The molecule has 4 rings (SSSR count). The Labute approximate surface area is 175 Å². The molecule has 2 heterocycles. The molecule has 0 spiro atoms. The van der Waals surface area contributed by atoms with Gasteiger partial charge in [0.05, 0.1) is 16.9 Å². The van der Waals surface area contributed by atoms with Crippen molar-refractivity contribution in [1.29, 1.82) is 0 Å². The Hall–Kier alpha value is -2.41. The van der Waals surface area contributed by atoms with Crippen LogP contribution < -0.4 is 5.01 Å². The molecule has 2 aliphatic rings. The molecule has 0 N–H and O–H groups in total. The first-order valence-corrected chi connectivity index (χ1v) is 10.7. The second-order valence-corrected chi connectivity index (χ2v) is 8.16. The van der Waals surface area contributed by atoms with Crippen molar-refractivity contribution in [1.82, 2.24) is 4.90 Å². The first-order valence-electron chi connectivity index (χ1n) is 10.7. The highest BCUT2D eigenvalue weighted by Crippen LogP contribution is 2.35. The largest absolute Gasteiger partial charge is 0.416 e. The van der Waals surface area contributed by atoms with Crippen molar-refractivity contribution in [2.75, 3.05) is 24.6 Å². The summed E-state index contributed by atoms with van der Waals surface area (Å²) in [6, 6.07) is 15.2. The van der Waals surface area contributed by atoms with Crippen LogP contribution in [-0.4, -0.2) is 30.6 Å². The first-order chi connectivity index (χ1) is 14.5. The number of fused-ring (bicyclic) bond motifs is 1. The van der Waals surface area contributed by atoms with Crippen LogP contribution in [0.25, 0.3) is 0 Å². The van der Waals surface area contributed by atoms with Gasteiger partial charge in [0.15, 0.2) is 0 Å². The summed E-state index contributed by atoms with van der Waals surface area (Å²) in [6.07, 6.45) is 1.39. The predicted molar refractivity (Wildman–Crippen MR) is 112 cm³/mol. The fourth-order valence-electron chi connectivity index (χ4n) is 4.65. The van der Waals surface area contributed by atoms with Crippen LogP contribution in [0.4, 0.5) is 24.5 Å². The number of hydrogen-bond donors (Lipinski definition) is 0. The van der Waals surface area contributed by atoms with Gasteiger partial charge in [-0.05, 0) is 75.0 Å². The molecule has 7 heteroatoms. The number of rotatable bonds is 5. The Morgan fingerprint density at radius 2 is 1.73 bits per heavy atom. The number of benzene rings is 2. The van der Waals surface area contributed by atoms with Gasteiger partial charge in [-0.3, -0.25) is 0 Å². The molecule has 2 saturated heterocycles. The van der Waals surface area contributed by atoms with E-state index < -0.39 is 11.7 Å². The third kappa shape index (κ3) is 5.01. The Balaban J connectivity index is 1.61. The normalized spacial score (nSPS) is 22.8. The topological polar surface area (TPSA) is 31.2 Å². The van der Waals surface area contributed by atoms with Crippen LogP contribution in [0.1, 0.15) is 37.7 Å². The zero-order valence-corrected chi connectivity index (χ0v) is 16.9. The lowest BCUT2D eigenvalue weighted by Crippen LogP contribution is -2.50. The molecule has 0 unspecified atom stereocenters.